The van der Waals surface area contributed by atoms with E-state index in [1.165, 1.54) is 17.6 Å². The van der Waals surface area contributed by atoms with Crippen molar-refractivity contribution in [2.24, 2.45) is 0 Å². The minimum absolute atomic E-state index is 0.139. The molecule has 0 N–H and O–H groups in total. The van der Waals surface area contributed by atoms with Crippen LogP contribution in [0.25, 0.3) is 11.6 Å². The lowest BCUT2D eigenvalue weighted by atomic mass is 9.82. The fourth-order valence-electron chi connectivity index (χ4n) is 3.80. The van der Waals surface area contributed by atoms with Crippen LogP contribution in [-0.4, -0.2) is 28.7 Å². The summed E-state index contributed by atoms with van der Waals surface area (Å²) in [6.07, 6.45) is 8.11. The summed E-state index contributed by atoms with van der Waals surface area (Å²) >= 11 is 0. The molecule has 128 valence electrons. The number of fused-ring (bicyclic) bond motifs is 2. The van der Waals surface area contributed by atoms with Gasteiger partial charge in [0.2, 0.25) is 0 Å². The molecule has 0 radical (unpaired) electrons. The lowest BCUT2D eigenvalue weighted by Crippen LogP contribution is -2.53. The molecule has 0 aromatic heterocycles. The second-order valence-corrected chi connectivity index (χ2v) is 7.73. The predicted octanol–water partition coefficient (Wildman–Crippen LogP) is 5.27. The second kappa shape index (κ2) is 6.46. The molecule has 1 amide bonds. The zero-order chi connectivity index (χ0) is 17.3. The maximum atomic E-state index is 12.7. The molecule has 2 atom stereocenters. The van der Waals surface area contributed by atoms with Gasteiger partial charge >= 0.3 is 6.09 Å². The maximum absolute atomic E-state index is 12.7. The van der Waals surface area contributed by atoms with E-state index in [-0.39, 0.29) is 18.2 Å². The largest absolute Gasteiger partial charge is 0.444 e. The van der Waals surface area contributed by atoms with Crippen molar-refractivity contribution >= 4 is 17.7 Å². The monoisotopic (exact) mass is 325 g/mol. The van der Waals surface area contributed by atoms with E-state index in [0.717, 1.165) is 24.8 Å². The van der Waals surface area contributed by atoms with E-state index in [9.17, 15) is 4.79 Å². The predicted molar refractivity (Wildman–Crippen MR) is 98.6 cm³/mol. The van der Waals surface area contributed by atoms with Crippen LogP contribution < -0.4 is 0 Å². The molecule has 2 aliphatic heterocycles. The van der Waals surface area contributed by atoms with Gasteiger partial charge in [0.05, 0.1) is 6.04 Å². The molecule has 0 saturated carbocycles. The Morgan fingerprint density at radius 3 is 2.71 bits per heavy atom. The summed E-state index contributed by atoms with van der Waals surface area (Å²) in [6.45, 7) is 9.70. The molecule has 2 bridgehead atoms. The van der Waals surface area contributed by atoms with E-state index in [4.69, 9.17) is 4.74 Å². The molecule has 3 rings (SSSR count). The minimum Gasteiger partial charge on any atom is -0.444 e. The van der Waals surface area contributed by atoms with Crippen LogP contribution in [0.15, 0.2) is 36.9 Å². The molecule has 1 aromatic carbocycles. The van der Waals surface area contributed by atoms with Crippen molar-refractivity contribution in [3.8, 4) is 0 Å². The third kappa shape index (κ3) is 3.40. The second-order valence-electron chi connectivity index (χ2n) is 7.73. The normalized spacial score (nSPS) is 23.5. The van der Waals surface area contributed by atoms with Crippen LogP contribution in [0.1, 0.15) is 57.6 Å². The van der Waals surface area contributed by atoms with Gasteiger partial charge in [-0.2, -0.15) is 0 Å². The van der Waals surface area contributed by atoms with Crippen LogP contribution in [0, 0.1) is 0 Å². The molecule has 1 fully saturated rings. The quantitative estimate of drug-likeness (QED) is 0.741. The zero-order valence-corrected chi connectivity index (χ0v) is 14.9. The molecule has 1 aromatic rings. The van der Waals surface area contributed by atoms with E-state index in [1.807, 2.05) is 37.8 Å². The van der Waals surface area contributed by atoms with Crippen molar-refractivity contribution in [3.05, 3.63) is 48.0 Å². The van der Waals surface area contributed by atoms with Gasteiger partial charge in [-0.05, 0) is 63.2 Å². The first kappa shape index (κ1) is 16.8. The number of carbonyl (C=O) groups is 1. The number of carbonyl (C=O) groups excluding carboxylic acids is 1. The lowest BCUT2D eigenvalue weighted by molar-refractivity contribution is 0.0000865. The van der Waals surface area contributed by atoms with Crippen molar-refractivity contribution in [1.29, 1.82) is 0 Å². The Morgan fingerprint density at radius 2 is 2.04 bits per heavy atom. The maximum Gasteiger partial charge on any atom is 0.411 e. The van der Waals surface area contributed by atoms with E-state index in [0.29, 0.717) is 0 Å². The number of hydrogen-bond acceptors (Lipinski definition) is 2. The highest BCUT2D eigenvalue weighted by molar-refractivity contribution is 5.78. The van der Waals surface area contributed by atoms with Gasteiger partial charge in [-0.1, -0.05) is 43.0 Å². The van der Waals surface area contributed by atoms with Gasteiger partial charge in [-0.25, -0.2) is 4.79 Å². The third-order valence-electron chi connectivity index (χ3n) is 4.77. The molecule has 2 aliphatic rings. The number of amides is 1. The molecule has 24 heavy (non-hydrogen) atoms. The van der Waals surface area contributed by atoms with Gasteiger partial charge in [0.15, 0.2) is 0 Å². The third-order valence-corrected chi connectivity index (χ3v) is 4.77. The van der Waals surface area contributed by atoms with Crippen LogP contribution in [-0.2, 0) is 4.74 Å². The Morgan fingerprint density at radius 1 is 1.29 bits per heavy atom. The number of piperidine rings is 1. The minimum atomic E-state index is -0.454. The number of hydrogen-bond donors (Lipinski definition) is 0. The standard InChI is InChI=1S/C21H27NO2/c1-5-15-9-6-7-12-19(15)16-13-17-10-8-11-18(14-16)22(17)20(23)24-21(2,3)4/h5-7,9,12-13,17-18H,1,8,10-11,14H2,2-4H3. The Bertz CT molecular complexity index is 669. The first-order valence-electron chi connectivity index (χ1n) is 8.83. The van der Waals surface area contributed by atoms with E-state index in [2.05, 4.69) is 30.9 Å². The van der Waals surface area contributed by atoms with Crippen LogP contribution in [0.3, 0.4) is 0 Å². The van der Waals surface area contributed by atoms with Crippen LogP contribution in [0.5, 0.6) is 0 Å². The highest BCUT2D eigenvalue weighted by Crippen LogP contribution is 2.38. The molecular formula is C21H27NO2. The van der Waals surface area contributed by atoms with Crippen molar-refractivity contribution in [1.82, 2.24) is 4.90 Å². The number of rotatable bonds is 2. The van der Waals surface area contributed by atoms with E-state index in [1.54, 1.807) is 0 Å². The smallest absolute Gasteiger partial charge is 0.411 e. The number of nitrogens with zero attached hydrogens (tertiary/aromatic N) is 1. The van der Waals surface area contributed by atoms with Gasteiger partial charge in [-0.15, -0.1) is 0 Å². The van der Waals surface area contributed by atoms with Crippen molar-refractivity contribution < 1.29 is 9.53 Å². The summed E-state index contributed by atoms with van der Waals surface area (Å²) < 4.78 is 5.64. The summed E-state index contributed by atoms with van der Waals surface area (Å²) in [7, 11) is 0. The summed E-state index contributed by atoms with van der Waals surface area (Å²) in [5, 5.41) is 0. The average Bonchev–Trinajstić information content (AvgIpc) is 2.52. The molecule has 2 unspecified atom stereocenters. The topological polar surface area (TPSA) is 29.5 Å². The Hall–Kier alpha value is -2.03. The van der Waals surface area contributed by atoms with Gasteiger partial charge in [0, 0.05) is 6.04 Å². The summed E-state index contributed by atoms with van der Waals surface area (Å²) in [4.78, 5) is 14.6. The fraction of sp³-hybridized carbons (Fsp3) is 0.476. The Balaban J connectivity index is 1.90. The summed E-state index contributed by atoms with van der Waals surface area (Å²) in [5.74, 6) is 0. The van der Waals surface area contributed by atoms with Crippen LogP contribution in [0.2, 0.25) is 0 Å². The molecule has 1 saturated heterocycles. The first-order valence-corrected chi connectivity index (χ1v) is 8.83. The molecule has 3 heteroatoms. The molecule has 3 nitrogen and oxygen atoms in total. The number of ether oxygens (including phenoxy) is 1. The Labute approximate surface area is 145 Å². The summed E-state index contributed by atoms with van der Waals surface area (Å²) in [5.41, 5.74) is 3.28. The average molecular weight is 325 g/mol. The van der Waals surface area contributed by atoms with E-state index >= 15 is 0 Å². The van der Waals surface area contributed by atoms with Crippen molar-refractivity contribution in [2.75, 3.05) is 0 Å². The van der Waals surface area contributed by atoms with Crippen LogP contribution in [0.4, 0.5) is 4.79 Å². The van der Waals surface area contributed by atoms with Gasteiger partial charge in [0.1, 0.15) is 5.60 Å². The van der Waals surface area contributed by atoms with Crippen molar-refractivity contribution in [2.45, 2.75) is 64.1 Å². The van der Waals surface area contributed by atoms with Gasteiger partial charge < -0.3 is 4.74 Å². The van der Waals surface area contributed by atoms with Crippen molar-refractivity contribution in [3.63, 3.8) is 0 Å². The number of benzene rings is 1. The highest BCUT2D eigenvalue weighted by Gasteiger charge is 2.39. The SMILES string of the molecule is C=Cc1ccccc1C1=CC2CCCC(C1)N2C(=O)OC(C)(C)C. The van der Waals surface area contributed by atoms with Gasteiger partial charge in [-0.3, -0.25) is 4.90 Å². The molecule has 2 heterocycles. The lowest BCUT2D eigenvalue weighted by Gasteiger charge is -2.45. The molecule has 0 aliphatic carbocycles. The zero-order valence-electron chi connectivity index (χ0n) is 14.9. The fourth-order valence-corrected chi connectivity index (χ4v) is 3.80. The van der Waals surface area contributed by atoms with E-state index < -0.39 is 5.60 Å². The molecular weight excluding hydrogens is 298 g/mol. The molecule has 0 spiro atoms. The van der Waals surface area contributed by atoms with Crippen LogP contribution >= 0.6 is 0 Å². The summed E-state index contributed by atoms with van der Waals surface area (Å²) in [6, 6.07) is 8.73. The Kier molecular flexibility index (Phi) is 4.53. The first-order chi connectivity index (χ1) is 11.4. The van der Waals surface area contributed by atoms with Gasteiger partial charge in [0.25, 0.3) is 0 Å². The highest BCUT2D eigenvalue weighted by atomic mass is 16.6.